The molecule has 0 saturated heterocycles. The molecular weight excluding hydrogens is 289 g/mol. The maximum Gasteiger partial charge on any atom is 0.119 e. The molecule has 0 fully saturated rings. The van der Waals surface area contributed by atoms with Gasteiger partial charge in [0.05, 0.1) is 5.70 Å². The van der Waals surface area contributed by atoms with Gasteiger partial charge in [-0.1, -0.05) is 54.6 Å². The second-order valence-electron chi connectivity index (χ2n) is 5.32. The van der Waals surface area contributed by atoms with E-state index in [0.717, 1.165) is 28.9 Å². The Kier molecular flexibility index (Phi) is 4.89. The van der Waals surface area contributed by atoms with Crippen LogP contribution in [0.4, 0.5) is 4.48 Å². The third-order valence-corrected chi connectivity index (χ3v) is 3.65. The number of allylic oxidation sites excluding steroid dienone is 4. The molecule has 1 N–H and O–H groups in total. The minimum atomic E-state index is 0.511. The van der Waals surface area contributed by atoms with Crippen molar-refractivity contribution in [3.63, 3.8) is 0 Å². The van der Waals surface area contributed by atoms with Crippen LogP contribution in [0, 0.1) is 0 Å². The maximum atomic E-state index is 12.7. The van der Waals surface area contributed by atoms with E-state index in [9.17, 15) is 4.48 Å². The highest BCUT2D eigenvalue weighted by atomic mass is 19.2. The SMILES string of the molecule is FNC1=CC=CCC1=Cc1ccc(OCc2ccccc2)cc1. The van der Waals surface area contributed by atoms with Crippen molar-refractivity contribution in [2.75, 3.05) is 0 Å². The van der Waals surface area contributed by atoms with Crippen molar-refractivity contribution < 1.29 is 9.22 Å². The molecule has 0 saturated carbocycles. The Morgan fingerprint density at radius 2 is 1.83 bits per heavy atom. The molecule has 2 aromatic carbocycles. The topological polar surface area (TPSA) is 21.3 Å². The van der Waals surface area contributed by atoms with Gasteiger partial charge in [-0.05, 0) is 47.4 Å². The largest absolute Gasteiger partial charge is 0.489 e. The summed E-state index contributed by atoms with van der Waals surface area (Å²) in [5.41, 5.74) is 5.33. The van der Waals surface area contributed by atoms with Crippen LogP contribution in [0.1, 0.15) is 17.5 Å². The molecule has 0 spiro atoms. The molecule has 0 heterocycles. The van der Waals surface area contributed by atoms with E-state index in [-0.39, 0.29) is 0 Å². The average Bonchev–Trinajstić information content (AvgIpc) is 2.62. The monoisotopic (exact) mass is 307 g/mol. The van der Waals surface area contributed by atoms with Gasteiger partial charge >= 0.3 is 0 Å². The zero-order valence-corrected chi connectivity index (χ0v) is 12.7. The van der Waals surface area contributed by atoms with Crippen LogP contribution in [0.15, 0.2) is 84.1 Å². The Morgan fingerprint density at radius 3 is 2.57 bits per heavy atom. The number of halogens is 1. The summed E-state index contributed by atoms with van der Waals surface area (Å²) in [4.78, 5) is 0. The van der Waals surface area contributed by atoms with E-state index in [0.29, 0.717) is 12.3 Å². The third kappa shape index (κ3) is 4.10. The first-order valence-corrected chi connectivity index (χ1v) is 7.56. The van der Waals surface area contributed by atoms with Crippen LogP contribution >= 0.6 is 0 Å². The zero-order valence-electron chi connectivity index (χ0n) is 12.7. The second kappa shape index (κ2) is 7.45. The Labute approximate surface area is 135 Å². The van der Waals surface area contributed by atoms with Crippen molar-refractivity contribution >= 4 is 6.08 Å². The predicted octanol–water partition coefficient (Wildman–Crippen LogP) is 4.97. The van der Waals surface area contributed by atoms with Gasteiger partial charge in [-0.2, -0.15) is 0 Å². The Balaban J connectivity index is 1.65. The summed E-state index contributed by atoms with van der Waals surface area (Å²) in [6.07, 6.45) is 8.27. The standard InChI is InChI=1S/C20H18FNO/c21-22-20-9-5-4-8-18(20)14-16-10-12-19(13-11-16)23-15-17-6-2-1-3-7-17/h1-7,9-14,22H,8,15H2. The fraction of sp³-hybridized carbons (Fsp3) is 0.100. The quantitative estimate of drug-likeness (QED) is 0.788. The van der Waals surface area contributed by atoms with Crippen LogP contribution < -0.4 is 10.3 Å². The normalized spacial score (nSPS) is 15.3. The van der Waals surface area contributed by atoms with E-state index in [4.69, 9.17) is 4.74 Å². The smallest absolute Gasteiger partial charge is 0.119 e. The Bertz CT molecular complexity index is 730. The van der Waals surface area contributed by atoms with Crippen LogP contribution in [-0.4, -0.2) is 0 Å². The van der Waals surface area contributed by atoms with Crippen molar-refractivity contribution in [2.24, 2.45) is 0 Å². The first kappa shape index (κ1) is 15.1. The molecule has 0 bridgehead atoms. The number of ether oxygens (including phenoxy) is 1. The van der Waals surface area contributed by atoms with Crippen molar-refractivity contribution in [1.29, 1.82) is 0 Å². The van der Waals surface area contributed by atoms with Gasteiger partial charge in [0, 0.05) is 0 Å². The number of hydrogen-bond acceptors (Lipinski definition) is 2. The molecule has 0 atom stereocenters. The van der Waals surface area contributed by atoms with Crippen molar-refractivity contribution in [2.45, 2.75) is 13.0 Å². The van der Waals surface area contributed by atoms with Gasteiger partial charge in [-0.3, -0.25) is 0 Å². The van der Waals surface area contributed by atoms with Crippen LogP contribution in [0.2, 0.25) is 0 Å². The molecule has 1 aliphatic rings. The maximum absolute atomic E-state index is 12.7. The molecule has 1 aliphatic carbocycles. The summed E-state index contributed by atoms with van der Waals surface area (Å²) in [5, 5.41) is 0. The molecular formula is C20H18FNO. The molecule has 0 aliphatic heterocycles. The van der Waals surface area contributed by atoms with Gasteiger partial charge in [0.25, 0.3) is 0 Å². The minimum Gasteiger partial charge on any atom is -0.489 e. The third-order valence-electron chi connectivity index (χ3n) is 3.65. The first-order valence-electron chi connectivity index (χ1n) is 7.56. The number of rotatable bonds is 5. The summed E-state index contributed by atoms with van der Waals surface area (Å²) in [6, 6.07) is 17.9. The number of benzene rings is 2. The molecule has 23 heavy (non-hydrogen) atoms. The van der Waals surface area contributed by atoms with Crippen LogP contribution in [0.5, 0.6) is 5.75 Å². The van der Waals surface area contributed by atoms with E-state index < -0.39 is 0 Å². The van der Waals surface area contributed by atoms with Gasteiger partial charge in [-0.25, -0.2) is 5.54 Å². The fourth-order valence-electron chi connectivity index (χ4n) is 2.41. The molecule has 0 unspecified atom stereocenters. The predicted molar refractivity (Wildman–Crippen MR) is 91.3 cm³/mol. The van der Waals surface area contributed by atoms with E-state index in [1.807, 2.05) is 72.8 Å². The minimum absolute atomic E-state index is 0.511. The number of nitrogens with one attached hydrogen (secondary N) is 1. The van der Waals surface area contributed by atoms with Crippen molar-refractivity contribution in [3.05, 3.63) is 95.2 Å². The second-order valence-corrected chi connectivity index (χ2v) is 5.32. The van der Waals surface area contributed by atoms with Crippen molar-refractivity contribution in [3.8, 4) is 5.75 Å². The molecule has 3 heteroatoms. The molecule has 0 aromatic heterocycles. The van der Waals surface area contributed by atoms with Gasteiger partial charge in [0.1, 0.15) is 12.4 Å². The van der Waals surface area contributed by atoms with E-state index in [2.05, 4.69) is 0 Å². The summed E-state index contributed by atoms with van der Waals surface area (Å²) < 4.78 is 18.5. The molecule has 2 nitrogen and oxygen atoms in total. The molecule has 116 valence electrons. The van der Waals surface area contributed by atoms with Gasteiger partial charge in [0.15, 0.2) is 0 Å². The lowest BCUT2D eigenvalue weighted by atomic mass is 10.0. The zero-order chi connectivity index (χ0) is 15.9. The van der Waals surface area contributed by atoms with Gasteiger partial charge < -0.3 is 4.74 Å². The van der Waals surface area contributed by atoms with Crippen LogP contribution in [-0.2, 0) is 6.61 Å². The highest BCUT2D eigenvalue weighted by Crippen LogP contribution is 2.22. The molecule has 3 rings (SSSR count). The van der Waals surface area contributed by atoms with Gasteiger partial charge in [0.2, 0.25) is 0 Å². The fourth-order valence-corrected chi connectivity index (χ4v) is 2.41. The summed E-state index contributed by atoms with van der Waals surface area (Å²) in [6.45, 7) is 0.546. The Hall–Kier alpha value is -2.81. The van der Waals surface area contributed by atoms with Crippen LogP contribution in [0.25, 0.3) is 6.08 Å². The summed E-state index contributed by atoms with van der Waals surface area (Å²) in [7, 11) is 0. The highest BCUT2D eigenvalue weighted by molar-refractivity contribution is 5.60. The molecule has 0 amide bonds. The lowest BCUT2D eigenvalue weighted by Gasteiger charge is -2.11. The number of hydrogen-bond donors (Lipinski definition) is 1. The summed E-state index contributed by atoms with van der Waals surface area (Å²) >= 11 is 0. The first-order chi connectivity index (χ1) is 11.3. The van der Waals surface area contributed by atoms with E-state index in [1.165, 1.54) is 0 Å². The lowest BCUT2D eigenvalue weighted by molar-refractivity contribution is 0.306. The van der Waals surface area contributed by atoms with E-state index in [1.54, 1.807) is 11.6 Å². The average molecular weight is 307 g/mol. The van der Waals surface area contributed by atoms with Gasteiger partial charge in [-0.15, -0.1) is 4.48 Å². The highest BCUT2D eigenvalue weighted by Gasteiger charge is 2.06. The van der Waals surface area contributed by atoms with Crippen LogP contribution in [0.3, 0.4) is 0 Å². The Morgan fingerprint density at radius 1 is 1.04 bits per heavy atom. The molecule has 0 radical (unpaired) electrons. The van der Waals surface area contributed by atoms with Crippen molar-refractivity contribution in [1.82, 2.24) is 5.54 Å². The van der Waals surface area contributed by atoms with E-state index >= 15 is 0 Å². The lowest BCUT2D eigenvalue weighted by Crippen LogP contribution is -2.05. The summed E-state index contributed by atoms with van der Waals surface area (Å²) in [5.74, 6) is 0.818. The molecule has 2 aromatic rings.